The third kappa shape index (κ3) is 3.40. The molecular weight excluding hydrogens is 252 g/mol. The summed E-state index contributed by atoms with van der Waals surface area (Å²) in [5.41, 5.74) is 0.0228. The van der Waals surface area contributed by atoms with Crippen LogP contribution in [0.1, 0.15) is 58.4 Å². The van der Waals surface area contributed by atoms with Crippen LogP contribution in [0, 0.1) is 0 Å². The maximum absolute atomic E-state index is 12.6. The average Bonchev–Trinajstić information content (AvgIpc) is 2.45. The maximum Gasteiger partial charge on any atom is 0.352 e. The molecule has 1 aliphatic rings. The van der Waals surface area contributed by atoms with E-state index in [9.17, 15) is 4.79 Å². The van der Waals surface area contributed by atoms with Crippen LogP contribution in [0.3, 0.4) is 0 Å². The molecule has 1 saturated carbocycles. The van der Waals surface area contributed by atoms with Crippen molar-refractivity contribution in [1.29, 1.82) is 0 Å². The molecule has 2 rings (SSSR count). The van der Waals surface area contributed by atoms with Gasteiger partial charge in [-0.2, -0.15) is 4.89 Å². The van der Waals surface area contributed by atoms with Crippen LogP contribution in [0.5, 0.6) is 0 Å². The Bertz CT molecular complexity index is 439. The van der Waals surface area contributed by atoms with E-state index < -0.39 is 11.0 Å². The first-order valence-corrected chi connectivity index (χ1v) is 7.40. The fourth-order valence-corrected chi connectivity index (χ4v) is 2.77. The summed E-state index contributed by atoms with van der Waals surface area (Å²) in [6, 6.07) is 9.96. The Labute approximate surface area is 121 Å². The second-order valence-corrected chi connectivity index (χ2v) is 6.58. The van der Waals surface area contributed by atoms with Crippen LogP contribution in [-0.2, 0) is 20.0 Å². The molecule has 1 fully saturated rings. The topological polar surface area (TPSA) is 35.5 Å². The Morgan fingerprint density at radius 3 is 2.20 bits per heavy atom. The Morgan fingerprint density at radius 2 is 1.65 bits per heavy atom. The lowest BCUT2D eigenvalue weighted by Crippen LogP contribution is -2.40. The number of rotatable bonds is 3. The van der Waals surface area contributed by atoms with Crippen LogP contribution in [0.4, 0.5) is 0 Å². The third-order valence-corrected chi connectivity index (χ3v) is 3.79. The Morgan fingerprint density at radius 1 is 1.05 bits per heavy atom. The zero-order valence-corrected chi connectivity index (χ0v) is 12.6. The first-order chi connectivity index (χ1) is 9.44. The highest BCUT2D eigenvalue weighted by molar-refractivity contribution is 5.83. The molecule has 0 atom stereocenters. The van der Waals surface area contributed by atoms with Crippen LogP contribution in [0.15, 0.2) is 30.3 Å². The SMILES string of the molecule is CC(C)(C)OOC(=O)C1(c2ccccc2)CCCCC1. The summed E-state index contributed by atoms with van der Waals surface area (Å²) in [6.45, 7) is 5.61. The summed E-state index contributed by atoms with van der Waals surface area (Å²) in [7, 11) is 0. The van der Waals surface area contributed by atoms with Gasteiger partial charge in [-0.05, 0) is 39.2 Å². The quantitative estimate of drug-likeness (QED) is 0.614. The van der Waals surface area contributed by atoms with E-state index in [1.807, 2.05) is 51.1 Å². The summed E-state index contributed by atoms with van der Waals surface area (Å²) in [5.74, 6) is -0.252. The molecular formula is C17H24O3. The smallest absolute Gasteiger partial charge is 0.297 e. The summed E-state index contributed by atoms with van der Waals surface area (Å²) in [6.07, 6.45) is 4.97. The minimum absolute atomic E-state index is 0.252. The molecule has 0 aromatic heterocycles. The molecule has 0 radical (unpaired) electrons. The van der Waals surface area contributed by atoms with E-state index >= 15 is 0 Å². The molecule has 110 valence electrons. The van der Waals surface area contributed by atoms with Gasteiger partial charge in [-0.3, -0.25) is 4.89 Å². The minimum atomic E-state index is -0.537. The predicted molar refractivity (Wildman–Crippen MR) is 78.1 cm³/mol. The molecule has 1 aliphatic carbocycles. The summed E-state index contributed by atoms with van der Waals surface area (Å²) >= 11 is 0. The fraction of sp³-hybridized carbons (Fsp3) is 0.588. The first-order valence-electron chi connectivity index (χ1n) is 7.40. The van der Waals surface area contributed by atoms with Gasteiger partial charge < -0.3 is 0 Å². The molecule has 0 saturated heterocycles. The molecule has 0 spiro atoms. The van der Waals surface area contributed by atoms with Gasteiger partial charge in [0.2, 0.25) is 0 Å². The Balaban J connectivity index is 2.21. The van der Waals surface area contributed by atoms with Crippen molar-refractivity contribution in [3.05, 3.63) is 35.9 Å². The van der Waals surface area contributed by atoms with Crippen molar-refractivity contribution in [1.82, 2.24) is 0 Å². The summed E-state index contributed by atoms with van der Waals surface area (Å²) in [4.78, 5) is 23.0. The van der Waals surface area contributed by atoms with Crippen LogP contribution in [0.25, 0.3) is 0 Å². The van der Waals surface area contributed by atoms with E-state index in [1.54, 1.807) is 0 Å². The first kappa shape index (κ1) is 15.0. The van der Waals surface area contributed by atoms with Crippen molar-refractivity contribution in [2.45, 2.75) is 63.9 Å². The monoisotopic (exact) mass is 276 g/mol. The van der Waals surface area contributed by atoms with Gasteiger partial charge in [-0.25, -0.2) is 4.79 Å². The lowest BCUT2D eigenvalue weighted by Gasteiger charge is -2.35. The number of hydrogen-bond donors (Lipinski definition) is 0. The second-order valence-electron chi connectivity index (χ2n) is 6.58. The Kier molecular flexibility index (Phi) is 4.48. The van der Waals surface area contributed by atoms with E-state index in [2.05, 4.69) is 0 Å². The molecule has 3 heteroatoms. The van der Waals surface area contributed by atoms with Gasteiger partial charge in [-0.15, -0.1) is 0 Å². The van der Waals surface area contributed by atoms with Crippen molar-refractivity contribution in [3.8, 4) is 0 Å². The van der Waals surface area contributed by atoms with Crippen LogP contribution < -0.4 is 0 Å². The number of carbonyl (C=O) groups is 1. The van der Waals surface area contributed by atoms with E-state index in [0.717, 1.165) is 31.2 Å². The molecule has 0 heterocycles. The standard InChI is InChI=1S/C17H24O3/c1-16(2,3)20-19-15(18)17(12-8-5-9-13-17)14-10-6-4-7-11-14/h4,6-7,10-11H,5,8-9,12-13H2,1-3H3. The van der Waals surface area contributed by atoms with Gasteiger partial charge in [0.05, 0.1) is 5.41 Å². The highest BCUT2D eigenvalue weighted by atomic mass is 17.2. The molecule has 20 heavy (non-hydrogen) atoms. The van der Waals surface area contributed by atoms with Gasteiger partial charge in [0.1, 0.15) is 5.60 Å². The van der Waals surface area contributed by atoms with Crippen molar-refractivity contribution >= 4 is 5.97 Å². The van der Waals surface area contributed by atoms with Crippen LogP contribution >= 0.6 is 0 Å². The molecule has 0 bridgehead atoms. The van der Waals surface area contributed by atoms with Crippen molar-refractivity contribution in [2.24, 2.45) is 0 Å². The molecule has 3 nitrogen and oxygen atoms in total. The van der Waals surface area contributed by atoms with E-state index in [-0.39, 0.29) is 5.97 Å². The number of carbonyl (C=O) groups excluding carboxylic acids is 1. The minimum Gasteiger partial charge on any atom is -0.297 e. The zero-order chi connectivity index (χ0) is 14.6. The molecule has 1 aromatic rings. The fourth-order valence-electron chi connectivity index (χ4n) is 2.77. The predicted octanol–water partition coefficient (Wildman–Crippen LogP) is 4.16. The lowest BCUT2D eigenvalue weighted by atomic mass is 9.69. The third-order valence-electron chi connectivity index (χ3n) is 3.79. The lowest BCUT2D eigenvalue weighted by molar-refractivity contribution is -0.324. The summed E-state index contributed by atoms with van der Waals surface area (Å²) in [5, 5.41) is 0. The molecule has 0 N–H and O–H groups in total. The van der Waals surface area contributed by atoms with Gasteiger partial charge in [0.25, 0.3) is 0 Å². The van der Waals surface area contributed by atoms with Crippen molar-refractivity contribution in [2.75, 3.05) is 0 Å². The largest absolute Gasteiger partial charge is 0.352 e. The second kappa shape index (κ2) is 5.96. The number of benzene rings is 1. The Hall–Kier alpha value is -1.35. The highest BCUT2D eigenvalue weighted by Gasteiger charge is 2.43. The average molecular weight is 276 g/mol. The molecule has 1 aromatic carbocycles. The zero-order valence-electron chi connectivity index (χ0n) is 12.6. The van der Waals surface area contributed by atoms with Crippen LogP contribution in [-0.4, -0.2) is 11.6 Å². The van der Waals surface area contributed by atoms with E-state index in [1.165, 1.54) is 6.42 Å². The van der Waals surface area contributed by atoms with Crippen molar-refractivity contribution in [3.63, 3.8) is 0 Å². The molecule has 0 unspecified atom stereocenters. The molecule has 0 amide bonds. The van der Waals surface area contributed by atoms with E-state index in [4.69, 9.17) is 9.78 Å². The van der Waals surface area contributed by atoms with Gasteiger partial charge >= 0.3 is 5.97 Å². The molecule has 0 aliphatic heterocycles. The van der Waals surface area contributed by atoms with E-state index in [0.29, 0.717) is 0 Å². The maximum atomic E-state index is 12.6. The van der Waals surface area contributed by atoms with Crippen molar-refractivity contribution < 1.29 is 14.6 Å². The van der Waals surface area contributed by atoms with Crippen LogP contribution in [0.2, 0.25) is 0 Å². The van der Waals surface area contributed by atoms with Gasteiger partial charge in [0, 0.05) is 0 Å². The summed E-state index contributed by atoms with van der Waals surface area (Å²) < 4.78 is 0. The van der Waals surface area contributed by atoms with Gasteiger partial charge in [-0.1, -0.05) is 49.6 Å². The highest BCUT2D eigenvalue weighted by Crippen LogP contribution is 2.40. The van der Waals surface area contributed by atoms with Gasteiger partial charge in [0.15, 0.2) is 0 Å². The normalized spacial score (nSPS) is 18.6. The number of hydrogen-bond acceptors (Lipinski definition) is 3.